The molecule has 4 heteroatoms. The van der Waals surface area contributed by atoms with Crippen molar-refractivity contribution in [1.82, 2.24) is 9.80 Å². The third-order valence-corrected chi connectivity index (χ3v) is 4.32. The van der Waals surface area contributed by atoms with Gasteiger partial charge >= 0.3 is 0 Å². The number of amides is 2. The third-order valence-electron chi connectivity index (χ3n) is 4.32. The molecule has 2 saturated heterocycles. The second-order valence-electron chi connectivity index (χ2n) is 8.85. The summed E-state index contributed by atoms with van der Waals surface area (Å²) in [7, 11) is 0. The summed E-state index contributed by atoms with van der Waals surface area (Å²) in [4.78, 5) is 27.3. The molecule has 0 unspecified atom stereocenters. The van der Waals surface area contributed by atoms with E-state index in [1.165, 1.54) is 32.1 Å². The predicted molar refractivity (Wildman–Crippen MR) is 141 cm³/mol. The average Bonchev–Trinajstić information content (AvgIpc) is 3.33. The standard InChI is InChI=1S/C10H19NO.C9H17NO.4C2H6/c1-10(2,3)9(12)11-7-5-4-6-8-11;1-9(2,3)8(11)10-6-4-5-7-10;4*1-2/h4-8H2,1-3H3;4-7H2,1-3H3;4*1-2H3. The van der Waals surface area contributed by atoms with Crippen LogP contribution in [0.25, 0.3) is 0 Å². The topological polar surface area (TPSA) is 40.6 Å². The zero-order chi connectivity index (χ0) is 25.7. The number of hydrogen-bond donors (Lipinski definition) is 0. The zero-order valence-electron chi connectivity index (χ0n) is 24.1. The van der Waals surface area contributed by atoms with E-state index in [4.69, 9.17) is 0 Å². The molecule has 2 heterocycles. The molecule has 190 valence electrons. The molecule has 4 nitrogen and oxygen atoms in total. The van der Waals surface area contributed by atoms with Crippen molar-refractivity contribution in [3.8, 4) is 0 Å². The Labute approximate surface area is 197 Å². The van der Waals surface area contributed by atoms with E-state index in [0.29, 0.717) is 11.8 Å². The molecule has 2 aliphatic rings. The normalized spacial score (nSPS) is 15.0. The third kappa shape index (κ3) is 18.2. The summed E-state index contributed by atoms with van der Waals surface area (Å²) in [5.74, 6) is 0.609. The van der Waals surface area contributed by atoms with Crippen LogP contribution in [0.3, 0.4) is 0 Å². The molecule has 2 fully saturated rings. The first-order valence-electron chi connectivity index (χ1n) is 13.1. The lowest BCUT2D eigenvalue weighted by Gasteiger charge is -2.32. The predicted octanol–water partition coefficient (Wildman–Crippen LogP) is 7.80. The molecule has 2 aliphatic heterocycles. The summed E-state index contributed by atoms with van der Waals surface area (Å²) in [5.41, 5.74) is -0.387. The fraction of sp³-hybridized carbons (Fsp3) is 0.926. The van der Waals surface area contributed by atoms with Gasteiger partial charge in [0.2, 0.25) is 11.8 Å². The molecule has 0 N–H and O–H groups in total. The summed E-state index contributed by atoms with van der Waals surface area (Å²) in [6, 6.07) is 0. The Balaban J connectivity index is -0.000000178. The highest BCUT2D eigenvalue weighted by atomic mass is 16.2. The van der Waals surface area contributed by atoms with Gasteiger partial charge in [0.15, 0.2) is 0 Å². The van der Waals surface area contributed by atoms with Crippen LogP contribution >= 0.6 is 0 Å². The van der Waals surface area contributed by atoms with Gasteiger partial charge in [0.1, 0.15) is 0 Å². The van der Waals surface area contributed by atoms with Crippen molar-refractivity contribution >= 4 is 11.8 Å². The van der Waals surface area contributed by atoms with E-state index < -0.39 is 0 Å². The highest BCUT2D eigenvalue weighted by Gasteiger charge is 2.29. The van der Waals surface area contributed by atoms with Crippen molar-refractivity contribution in [3.63, 3.8) is 0 Å². The molecule has 0 bridgehead atoms. The Morgan fingerprint density at radius 3 is 0.839 bits per heavy atom. The van der Waals surface area contributed by atoms with Crippen molar-refractivity contribution in [1.29, 1.82) is 0 Å². The number of carbonyl (C=O) groups excluding carboxylic acids is 2. The molecule has 0 aromatic heterocycles. The molecule has 0 saturated carbocycles. The van der Waals surface area contributed by atoms with Crippen LogP contribution in [0, 0.1) is 10.8 Å². The van der Waals surface area contributed by atoms with Crippen molar-refractivity contribution in [2.24, 2.45) is 10.8 Å². The minimum absolute atomic E-state index is 0.190. The Bertz CT molecular complexity index is 394. The van der Waals surface area contributed by atoms with Gasteiger partial charge in [-0.1, -0.05) is 96.9 Å². The zero-order valence-corrected chi connectivity index (χ0v) is 24.1. The molecule has 2 rings (SSSR count). The molecular formula is C27H60N2O2. The maximum absolute atomic E-state index is 11.7. The SMILES string of the molecule is CC.CC.CC.CC.CC(C)(C)C(=O)N1CCCC1.CC(C)(C)C(=O)N1CCCCC1. The van der Waals surface area contributed by atoms with Gasteiger partial charge in [-0.05, 0) is 32.1 Å². The lowest BCUT2D eigenvalue weighted by atomic mass is 9.93. The summed E-state index contributed by atoms with van der Waals surface area (Å²) in [6.45, 7) is 31.8. The smallest absolute Gasteiger partial charge is 0.227 e. The van der Waals surface area contributed by atoms with Crippen molar-refractivity contribution in [2.45, 2.75) is 129 Å². The van der Waals surface area contributed by atoms with E-state index in [1.54, 1.807) is 0 Å². The average molecular weight is 445 g/mol. The molecule has 0 radical (unpaired) electrons. The Morgan fingerprint density at radius 1 is 0.452 bits per heavy atom. The van der Waals surface area contributed by atoms with Crippen LogP contribution in [0.5, 0.6) is 0 Å². The van der Waals surface area contributed by atoms with Crippen LogP contribution in [0.1, 0.15) is 129 Å². The van der Waals surface area contributed by atoms with E-state index in [9.17, 15) is 9.59 Å². The van der Waals surface area contributed by atoms with E-state index >= 15 is 0 Å². The Hall–Kier alpha value is -1.06. The first-order chi connectivity index (χ1) is 14.5. The second kappa shape index (κ2) is 22.1. The van der Waals surface area contributed by atoms with Gasteiger partial charge in [-0.3, -0.25) is 9.59 Å². The minimum atomic E-state index is -0.197. The summed E-state index contributed by atoms with van der Waals surface area (Å²) < 4.78 is 0. The number of rotatable bonds is 0. The largest absolute Gasteiger partial charge is 0.342 e. The molecule has 0 aliphatic carbocycles. The first-order valence-corrected chi connectivity index (χ1v) is 13.1. The number of piperidine rings is 1. The molecule has 0 atom stereocenters. The van der Waals surface area contributed by atoms with Crippen LogP contribution in [-0.2, 0) is 9.59 Å². The van der Waals surface area contributed by atoms with Gasteiger partial charge in [-0.15, -0.1) is 0 Å². The van der Waals surface area contributed by atoms with Gasteiger partial charge in [-0.25, -0.2) is 0 Å². The number of carbonyl (C=O) groups is 2. The van der Waals surface area contributed by atoms with Crippen LogP contribution in [0.4, 0.5) is 0 Å². The van der Waals surface area contributed by atoms with Gasteiger partial charge < -0.3 is 9.80 Å². The van der Waals surface area contributed by atoms with E-state index in [2.05, 4.69) is 0 Å². The molecule has 0 aromatic carbocycles. The maximum Gasteiger partial charge on any atom is 0.227 e. The fourth-order valence-electron chi connectivity index (χ4n) is 2.97. The lowest BCUT2D eigenvalue weighted by Crippen LogP contribution is -2.42. The first kappa shape index (κ1) is 37.3. The van der Waals surface area contributed by atoms with Crippen LogP contribution in [0.15, 0.2) is 0 Å². The van der Waals surface area contributed by atoms with Crippen molar-refractivity contribution < 1.29 is 9.59 Å². The summed E-state index contributed by atoms with van der Waals surface area (Å²) in [5, 5.41) is 0. The quantitative estimate of drug-likeness (QED) is 0.382. The van der Waals surface area contributed by atoms with E-state index in [-0.39, 0.29) is 10.8 Å². The molecule has 31 heavy (non-hydrogen) atoms. The summed E-state index contributed by atoms with van der Waals surface area (Å²) >= 11 is 0. The monoisotopic (exact) mass is 444 g/mol. The Morgan fingerprint density at radius 2 is 0.645 bits per heavy atom. The van der Waals surface area contributed by atoms with Crippen LogP contribution in [0.2, 0.25) is 0 Å². The highest BCUT2D eigenvalue weighted by Crippen LogP contribution is 2.21. The molecule has 0 aromatic rings. The maximum atomic E-state index is 11.7. The minimum Gasteiger partial charge on any atom is -0.342 e. The fourth-order valence-corrected chi connectivity index (χ4v) is 2.97. The van der Waals surface area contributed by atoms with Crippen molar-refractivity contribution in [3.05, 3.63) is 0 Å². The van der Waals surface area contributed by atoms with Crippen LogP contribution < -0.4 is 0 Å². The van der Waals surface area contributed by atoms with Gasteiger partial charge in [0.25, 0.3) is 0 Å². The lowest BCUT2D eigenvalue weighted by molar-refractivity contribution is -0.140. The van der Waals surface area contributed by atoms with Gasteiger partial charge in [0, 0.05) is 37.0 Å². The second-order valence-corrected chi connectivity index (χ2v) is 8.85. The van der Waals surface area contributed by atoms with Crippen molar-refractivity contribution in [2.75, 3.05) is 26.2 Å². The van der Waals surface area contributed by atoms with Gasteiger partial charge in [-0.2, -0.15) is 0 Å². The number of likely N-dealkylation sites (tertiary alicyclic amines) is 2. The molecule has 0 spiro atoms. The molecular weight excluding hydrogens is 384 g/mol. The Kier molecular flexibility index (Phi) is 26.6. The highest BCUT2D eigenvalue weighted by molar-refractivity contribution is 5.82. The summed E-state index contributed by atoms with van der Waals surface area (Å²) in [6.07, 6.45) is 6.02. The van der Waals surface area contributed by atoms with E-state index in [0.717, 1.165) is 26.2 Å². The number of nitrogens with zero attached hydrogens (tertiary/aromatic N) is 2. The number of hydrogen-bond acceptors (Lipinski definition) is 2. The van der Waals surface area contributed by atoms with Gasteiger partial charge in [0.05, 0.1) is 0 Å². The van der Waals surface area contributed by atoms with Crippen LogP contribution in [-0.4, -0.2) is 47.8 Å². The van der Waals surface area contributed by atoms with E-state index in [1.807, 2.05) is 107 Å². The molecule has 2 amide bonds.